The fourth-order valence-electron chi connectivity index (χ4n) is 3.72. The quantitative estimate of drug-likeness (QED) is 0.220. The Bertz CT molecular complexity index is 1300. The summed E-state index contributed by atoms with van der Waals surface area (Å²) in [4.78, 5) is 26.4. The van der Waals surface area contributed by atoms with Crippen LogP contribution in [0.4, 0.5) is 34.9 Å². The Hall–Kier alpha value is -4.86. The molecule has 0 spiro atoms. The number of nitrogens with zero attached hydrogens (tertiary/aromatic N) is 3. The topological polar surface area (TPSA) is 122 Å². The number of aryl methyl sites for hydroxylation is 2. The van der Waals surface area contributed by atoms with Gasteiger partial charge in [0.15, 0.2) is 0 Å². The van der Waals surface area contributed by atoms with Crippen LogP contribution in [0, 0.1) is 13.8 Å². The molecule has 0 aliphatic heterocycles. The van der Waals surface area contributed by atoms with Crippen molar-refractivity contribution in [2.24, 2.45) is 0 Å². The van der Waals surface area contributed by atoms with Gasteiger partial charge in [-0.25, -0.2) is 0 Å². The number of ether oxygens (including phenoxy) is 2. The molecule has 4 aromatic rings. The molecule has 0 radical (unpaired) electrons. The van der Waals surface area contributed by atoms with Crippen LogP contribution in [0.2, 0.25) is 0 Å². The first kappa shape index (κ1) is 26.2. The maximum Gasteiger partial charge on any atom is 0.246 e. The molecule has 1 amide bonds. The van der Waals surface area contributed by atoms with E-state index in [1.165, 1.54) is 0 Å². The van der Waals surface area contributed by atoms with Crippen molar-refractivity contribution >= 4 is 40.8 Å². The normalized spacial score (nSPS) is 11.3. The van der Waals surface area contributed by atoms with E-state index >= 15 is 0 Å². The van der Waals surface area contributed by atoms with E-state index in [9.17, 15) is 4.79 Å². The van der Waals surface area contributed by atoms with Gasteiger partial charge in [0.2, 0.25) is 23.8 Å². The summed E-state index contributed by atoms with van der Waals surface area (Å²) in [6.45, 7) is 5.72. The van der Waals surface area contributed by atoms with Crippen LogP contribution in [0.15, 0.2) is 66.7 Å². The molecule has 4 N–H and O–H groups in total. The summed E-state index contributed by atoms with van der Waals surface area (Å²) in [6.07, 6.45) is 0. The molecule has 38 heavy (non-hydrogen) atoms. The van der Waals surface area contributed by atoms with Gasteiger partial charge in [-0.15, -0.1) is 0 Å². The number of hydrogen-bond acceptors (Lipinski definition) is 9. The Balaban J connectivity index is 1.55. The van der Waals surface area contributed by atoms with Gasteiger partial charge in [-0.3, -0.25) is 4.79 Å². The van der Waals surface area contributed by atoms with Crippen molar-refractivity contribution in [2.75, 3.05) is 35.5 Å². The second-order valence-electron chi connectivity index (χ2n) is 8.74. The van der Waals surface area contributed by atoms with Gasteiger partial charge < -0.3 is 30.7 Å². The van der Waals surface area contributed by atoms with E-state index in [4.69, 9.17) is 9.47 Å². The second-order valence-corrected chi connectivity index (χ2v) is 8.74. The van der Waals surface area contributed by atoms with Crippen molar-refractivity contribution in [2.45, 2.75) is 26.8 Å². The minimum atomic E-state index is -0.624. The highest BCUT2D eigenvalue weighted by atomic mass is 16.5. The smallest absolute Gasteiger partial charge is 0.246 e. The standard InChI is InChI=1S/C28H31N7O3/c1-17-14-18(2)16-22(15-17)30-25(36)19(3)29-26-33-27(31-20-6-10-23(37-4)11-7-20)35-28(34-26)32-21-8-12-24(38-5)13-9-21/h6-16,19H,1-5H3,(H,30,36)(H3,29,31,32,33,34,35)/t19-/m0/s1. The maximum absolute atomic E-state index is 12.9. The lowest BCUT2D eigenvalue weighted by Gasteiger charge is -2.16. The molecule has 0 saturated carbocycles. The van der Waals surface area contributed by atoms with Crippen molar-refractivity contribution < 1.29 is 14.3 Å². The molecule has 0 aliphatic carbocycles. The van der Waals surface area contributed by atoms with Gasteiger partial charge in [0.25, 0.3) is 0 Å². The molecule has 1 atom stereocenters. The first-order valence-corrected chi connectivity index (χ1v) is 12.0. The fourth-order valence-corrected chi connectivity index (χ4v) is 3.72. The number of rotatable bonds is 10. The van der Waals surface area contributed by atoms with Crippen LogP contribution in [0.3, 0.4) is 0 Å². The molecule has 0 bridgehead atoms. The Morgan fingerprint density at radius 2 is 1.13 bits per heavy atom. The van der Waals surface area contributed by atoms with E-state index in [0.29, 0.717) is 11.9 Å². The molecular formula is C28H31N7O3. The number of anilines is 6. The number of methoxy groups -OCH3 is 2. The third-order valence-corrected chi connectivity index (χ3v) is 5.56. The molecular weight excluding hydrogens is 482 g/mol. The Kier molecular flexibility index (Phi) is 8.22. The molecule has 4 rings (SSSR count). The van der Waals surface area contributed by atoms with E-state index in [0.717, 1.165) is 39.7 Å². The zero-order valence-corrected chi connectivity index (χ0v) is 22.0. The van der Waals surface area contributed by atoms with Crippen molar-refractivity contribution in [1.29, 1.82) is 0 Å². The van der Waals surface area contributed by atoms with E-state index in [2.05, 4.69) is 42.3 Å². The summed E-state index contributed by atoms with van der Waals surface area (Å²) in [5.74, 6) is 2.08. The zero-order chi connectivity index (χ0) is 27.1. The number of benzene rings is 3. The number of aromatic nitrogens is 3. The summed E-state index contributed by atoms with van der Waals surface area (Å²) in [5, 5.41) is 12.4. The lowest BCUT2D eigenvalue weighted by atomic mass is 10.1. The molecule has 0 saturated heterocycles. The van der Waals surface area contributed by atoms with Gasteiger partial charge in [-0.1, -0.05) is 6.07 Å². The van der Waals surface area contributed by atoms with Crippen LogP contribution in [-0.4, -0.2) is 41.1 Å². The minimum Gasteiger partial charge on any atom is -0.497 e. The molecule has 0 aliphatic rings. The van der Waals surface area contributed by atoms with E-state index in [-0.39, 0.29) is 11.9 Å². The highest BCUT2D eigenvalue weighted by Crippen LogP contribution is 2.22. The Morgan fingerprint density at radius 1 is 0.684 bits per heavy atom. The van der Waals surface area contributed by atoms with Gasteiger partial charge in [0.1, 0.15) is 17.5 Å². The summed E-state index contributed by atoms with van der Waals surface area (Å²) in [5.41, 5.74) is 4.40. The van der Waals surface area contributed by atoms with Gasteiger partial charge in [-0.2, -0.15) is 15.0 Å². The van der Waals surface area contributed by atoms with Crippen LogP contribution in [0.1, 0.15) is 18.1 Å². The van der Waals surface area contributed by atoms with Crippen LogP contribution in [0.5, 0.6) is 11.5 Å². The number of carbonyl (C=O) groups excluding carboxylic acids is 1. The third-order valence-electron chi connectivity index (χ3n) is 5.56. The fraction of sp³-hybridized carbons (Fsp3) is 0.214. The van der Waals surface area contributed by atoms with Crippen LogP contribution in [-0.2, 0) is 4.79 Å². The van der Waals surface area contributed by atoms with E-state index < -0.39 is 6.04 Å². The van der Waals surface area contributed by atoms with Gasteiger partial charge in [0.05, 0.1) is 14.2 Å². The molecule has 0 unspecified atom stereocenters. The van der Waals surface area contributed by atoms with Crippen molar-refractivity contribution in [1.82, 2.24) is 15.0 Å². The Morgan fingerprint density at radius 3 is 1.58 bits per heavy atom. The Labute approximate surface area is 221 Å². The zero-order valence-electron chi connectivity index (χ0n) is 22.0. The summed E-state index contributed by atoms with van der Waals surface area (Å²) in [6, 6.07) is 20.0. The third kappa shape index (κ3) is 7.10. The lowest BCUT2D eigenvalue weighted by molar-refractivity contribution is -0.116. The van der Waals surface area contributed by atoms with Crippen molar-refractivity contribution in [3.8, 4) is 11.5 Å². The van der Waals surface area contributed by atoms with Gasteiger partial charge >= 0.3 is 0 Å². The van der Waals surface area contributed by atoms with Crippen LogP contribution < -0.4 is 30.7 Å². The number of hydrogen-bond donors (Lipinski definition) is 4. The summed E-state index contributed by atoms with van der Waals surface area (Å²) >= 11 is 0. The van der Waals surface area contributed by atoms with Crippen LogP contribution in [0.25, 0.3) is 0 Å². The lowest BCUT2D eigenvalue weighted by Crippen LogP contribution is -2.32. The van der Waals surface area contributed by atoms with Gasteiger partial charge in [-0.05, 0) is 92.6 Å². The average Bonchev–Trinajstić information content (AvgIpc) is 2.89. The van der Waals surface area contributed by atoms with E-state index in [1.807, 2.05) is 74.5 Å². The molecule has 10 heteroatoms. The first-order valence-electron chi connectivity index (χ1n) is 12.0. The summed E-state index contributed by atoms with van der Waals surface area (Å²) < 4.78 is 10.5. The minimum absolute atomic E-state index is 0.218. The average molecular weight is 514 g/mol. The van der Waals surface area contributed by atoms with Gasteiger partial charge in [0, 0.05) is 17.1 Å². The molecule has 1 heterocycles. The molecule has 0 fully saturated rings. The highest BCUT2D eigenvalue weighted by Gasteiger charge is 2.16. The summed E-state index contributed by atoms with van der Waals surface area (Å²) in [7, 11) is 3.22. The number of carbonyl (C=O) groups is 1. The van der Waals surface area contributed by atoms with E-state index in [1.54, 1.807) is 21.1 Å². The molecule has 3 aromatic carbocycles. The predicted molar refractivity (Wildman–Crippen MR) is 150 cm³/mol. The number of nitrogens with one attached hydrogen (secondary N) is 4. The van der Waals surface area contributed by atoms with Crippen molar-refractivity contribution in [3.05, 3.63) is 77.9 Å². The van der Waals surface area contributed by atoms with Crippen molar-refractivity contribution in [3.63, 3.8) is 0 Å². The predicted octanol–water partition coefficient (Wildman–Crippen LogP) is 5.43. The largest absolute Gasteiger partial charge is 0.497 e. The molecule has 1 aromatic heterocycles. The monoisotopic (exact) mass is 513 g/mol. The highest BCUT2D eigenvalue weighted by molar-refractivity contribution is 5.96. The van der Waals surface area contributed by atoms with Crippen LogP contribution >= 0.6 is 0 Å². The first-order chi connectivity index (χ1) is 18.3. The second kappa shape index (κ2) is 11.9. The molecule has 196 valence electrons. The molecule has 10 nitrogen and oxygen atoms in total. The maximum atomic E-state index is 12.9. The number of amides is 1. The SMILES string of the molecule is COc1ccc(Nc2nc(Nc3ccc(OC)cc3)nc(N[C@@H](C)C(=O)Nc3cc(C)cc(C)c3)n2)cc1.